The highest BCUT2D eigenvalue weighted by atomic mass is 79.9. The number of carbonyl (C=O) groups is 3. The van der Waals surface area contributed by atoms with Gasteiger partial charge in [0.25, 0.3) is 0 Å². The third kappa shape index (κ3) is 5.67. The molecule has 2 N–H and O–H groups in total. The van der Waals surface area contributed by atoms with Crippen LogP contribution in [0.3, 0.4) is 0 Å². The number of fused-ring (bicyclic) bond motifs is 2. The van der Waals surface area contributed by atoms with Gasteiger partial charge in [0.2, 0.25) is 11.8 Å². The number of nitrogens with one attached hydrogen (secondary N) is 2. The zero-order valence-electron chi connectivity index (χ0n) is 25.8. The van der Waals surface area contributed by atoms with E-state index in [-0.39, 0.29) is 36.9 Å². The average Bonchev–Trinajstić information content (AvgIpc) is 3.48. The molecule has 3 atom stereocenters. The molecule has 1 aromatic carbocycles. The van der Waals surface area contributed by atoms with Crippen LogP contribution in [-0.4, -0.2) is 79.1 Å². The van der Waals surface area contributed by atoms with Crippen LogP contribution in [0.25, 0.3) is 22.0 Å². The number of Topliss-reactive ketones (excluding diaryl/α,β-unsaturated/α-hetero) is 1. The molecule has 2 amide bonds. The first-order valence-electron chi connectivity index (χ1n) is 14.9. The summed E-state index contributed by atoms with van der Waals surface area (Å²) in [6, 6.07) is 5.98. The zero-order chi connectivity index (χ0) is 32.7. The van der Waals surface area contributed by atoms with E-state index in [0.717, 1.165) is 22.3 Å². The Labute approximate surface area is 273 Å². The van der Waals surface area contributed by atoms with Crippen molar-refractivity contribution in [1.29, 1.82) is 0 Å². The van der Waals surface area contributed by atoms with E-state index in [2.05, 4.69) is 58.5 Å². The summed E-state index contributed by atoms with van der Waals surface area (Å²) in [4.78, 5) is 55.3. The van der Waals surface area contributed by atoms with E-state index < -0.39 is 30.1 Å². The van der Waals surface area contributed by atoms with Crippen LogP contribution in [-0.2, 0) is 16.1 Å². The van der Waals surface area contributed by atoms with E-state index in [1.165, 1.54) is 16.5 Å². The molecule has 46 heavy (non-hydrogen) atoms. The zero-order valence-corrected chi connectivity index (χ0v) is 27.4. The number of benzene rings is 1. The number of anilines is 1. The number of aryl methyl sites for hydroxylation is 3. The van der Waals surface area contributed by atoms with Crippen LogP contribution in [0, 0.1) is 38.0 Å². The quantitative estimate of drug-likeness (QED) is 0.111. The smallest absolute Gasteiger partial charge is 0.248 e. The number of hydrogen-bond acceptors (Lipinski definition) is 8. The van der Waals surface area contributed by atoms with Gasteiger partial charge in [0.15, 0.2) is 5.78 Å². The summed E-state index contributed by atoms with van der Waals surface area (Å²) < 4.78 is 15.0. The van der Waals surface area contributed by atoms with Crippen LogP contribution in [0.2, 0.25) is 0 Å². The summed E-state index contributed by atoms with van der Waals surface area (Å²) in [6.45, 7) is 6.68. The van der Waals surface area contributed by atoms with Crippen molar-refractivity contribution in [2.75, 3.05) is 25.1 Å². The minimum Gasteiger partial charge on any atom is -0.314 e. The summed E-state index contributed by atoms with van der Waals surface area (Å²) >= 11 is 3.35. The van der Waals surface area contributed by atoms with Crippen LogP contribution in [0.5, 0.6) is 0 Å². The van der Waals surface area contributed by atoms with E-state index in [9.17, 15) is 18.8 Å². The second-order valence-electron chi connectivity index (χ2n) is 11.8. The molecule has 0 saturated carbocycles. The number of likely N-dealkylation sites (tertiary alicyclic amines) is 1. The summed E-state index contributed by atoms with van der Waals surface area (Å²) in [5, 5.41) is 11.2. The van der Waals surface area contributed by atoms with E-state index in [1.54, 1.807) is 25.4 Å². The number of rotatable bonds is 10. The maximum absolute atomic E-state index is 14.2. The molecule has 0 unspecified atom stereocenters. The Morgan fingerprint density at radius 1 is 1.11 bits per heavy atom. The lowest BCUT2D eigenvalue weighted by Gasteiger charge is -2.36. The molecular formula is C33H32BrFN8O3. The first-order chi connectivity index (χ1) is 22.0. The van der Waals surface area contributed by atoms with Crippen LogP contribution in [0.15, 0.2) is 41.3 Å². The molecule has 13 heteroatoms. The highest BCUT2D eigenvalue weighted by Gasteiger charge is 2.58. The monoisotopic (exact) mass is 686 g/mol. The van der Waals surface area contributed by atoms with Crippen molar-refractivity contribution in [3.05, 3.63) is 63.9 Å². The molecule has 1 aliphatic carbocycles. The van der Waals surface area contributed by atoms with E-state index in [4.69, 9.17) is 0 Å². The molecule has 1 saturated heterocycles. The second-order valence-corrected chi connectivity index (χ2v) is 12.6. The van der Waals surface area contributed by atoms with Gasteiger partial charge < -0.3 is 15.5 Å². The van der Waals surface area contributed by atoms with Crippen molar-refractivity contribution in [2.45, 2.75) is 52.7 Å². The lowest BCUT2D eigenvalue weighted by Crippen LogP contribution is -2.53. The number of carbonyl (C=O) groups excluding carboxylic acids is 3. The number of halogens is 2. The molecule has 0 bridgehead atoms. The maximum atomic E-state index is 14.2. The van der Waals surface area contributed by atoms with E-state index >= 15 is 0 Å². The van der Waals surface area contributed by atoms with Gasteiger partial charge in [-0.15, -0.1) is 0 Å². The minimum atomic E-state index is -0.879. The molecular weight excluding hydrogens is 655 g/mol. The highest BCUT2D eigenvalue weighted by molar-refractivity contribution is 9.10. The van der Waals surface area contributed by atoms with Crippen molar-refractivity contribution >= 4 is 50.2 Å². The Balaban J connectivity index is 1.35. The molecule has 1 aliphatic heterocycles. The fourth-order valence-corrected chi connectivity index (χ4v) is 6.55. The Morgan fingerprint density at radius 2 is 1.87 bits per heavy atom. The van der Waals surface area contributed by atoms with Crippen LogP contribution in [0.1, 0.15) is 40.8 Å². The maximum Gasteiger partial charge on any atom is 0.248 e. The van der Waals surface area contributed by atoms with Crippen molar-refractivity contribution in [3.8, 4) is 23.0 Å². The normalized spacial score (nSPS) is 19.7. The van der Waals surface area contributed by atoms with E-state index in [1.807, 2.05) is 32.0 Å². The van der Waals surface area contributed by atoms with Gasteiger partial charge in [-0.3, -0.25) is 19.1 Å². The number of aromatic nitrogens is 5. The first kappa shape index (κ1) is 31.4. The van der Waals surface area contributed by atoms with Crippen molar-refractivity contribution in [1.82, 2.24) is 34.9 Å². The molecule has 0 radical (unpaired) electrons. The third-order valence-corrected chi connectivity index (χ3v) is 8.97. The van der Waals surface area contributed by atoms with Gasteiger partial charge in [-0.1, -0.05) is 17.9 Å². The Morgan fingerprint density at radius 3 is 2.54 bits per heavy atom. The van der Waals surface area contributed by atoms with Crippen molar-refractivity contribution < 1.29 is 18.8 Å². The lowest BCUT2D eigenvalue weighted by atomic mass is 9.73. The van der Waals surface area contributed by atoms with Gasteiger partial charge in [-0.25, -0.2) is 19.3 Å². The number of hydrogen-bond donors (Lipinski definition) is 2. The molecule has 236 valence electrons. The van der Waals surface area contributed by atoms with Gasteiger partial charge in [-0.05, 0) is 78.0 Å². The number of nitrogens with zero attached hydrogens (tertiary/aromatic N) is 6. The van der Waals surface area contributed by atoms with Gasteiger partial charge in [0, 0.05) is 43.4 Å². The molecule has 4 heterocycles. The Kier molecular flexibility index (Phi) is 8.43. The molecule has 6 rings (SSSR count). The van der Waals surface area contributed by atoms with Crippen LogP contribution in [0.4, 0.5) is 10.2 Å². The molecule has 1 fully saturated rings. The number of pyridine rings is 1. The fraction of sp³-hybridized carbons (Fsp3) is 0.364. The molecule has 3 aromatic heterocycles. The third-order valence-electron chi connectivity index (χ3n) is 8.53. The predicted octanol–water partition coefficient (Wildman–Crippen LogP) is 3.95. The van der Waals surface area contributed by atoms with Crippen molar-refractivity contribution in [3.63, 3.8) is 0 Å². The van der Waals surface area contributed by atoms with Crippen LogP contribution < -0.4 is 10.6 Å². The summed E-state index contributed by atoms with van der Waals surface area (Å²) in [5.41, 5.74) is 3.35. The lowest BCUT2D eigenvalue weighted by molar-refractivity contribution is -0.138. The summed E-state index contributed by atoms with van der Waals surface area (Å²) in [5.74, 6) is 6.26. The van der Waals surface area contributed by atoms with Gasteiger partial charge >= 0.3 is 0 Å². The highest BCUT2D eigenvalue weighted by Crippen LogP contribution is 2.45. The first-order valence-corrected chi connectivity index (χ1v) is 15.7. The van der Waals surface area contributed by atoms with E-state index in [0.29, 0.717) is 33.7 Å². The van der Waals surface area contributed by atoms with Gasteiger partial charge in [-0.2, -0.15) is 5.10 Å². The largest absolute Gasteiger partial charge is 0.314 e. The minimum absolute atomic E-state index is 0.144. The SMILES string of the molecule is CC(=O)c1nn(CC(=O)N2[C@H](C(=O)Nc3nc(Br)ccc3C)C[C@@]3(CNCCF)C#C[C@@H]23)c2c(C)cc(-c3cnc(C)nc3)cc12. The Bertz CT molecular complexity index is 1950. The van der Waals surface area contributed by atoms with Gasteiger partial charge in [0.1, 0.15) is 47.2 Å². The summed E-state index contributed by atoms with van der Waals surface area (Å²) in [7, 11) is 0. The predicted molar refractivity (Wildman–Crippen MR) is 174 cm³/mol. The Hall–Kier alpha value is -4.54. The molecule has 11 nitrogen and oxygen atoms in total. The fourth-order valence-electron chi connectivity index (χ4n) is 6.24. The summed E-state index contributed by atoms with van der Waals surface area (Å²) in [6.07, 6.45) is 3.72. The number of ketones is 1. The van der Waals surface area contributed by atoms with Crippen LogP contribution >= 0.6 is 15.9 Å². The van der Waals surface area contributed by atoms with Crippen molar-refractivity contribution in [2.24, 2.45) is 5.41 Å². The number of alkyl halides is 1. The molecule has 0 spiro atoms. The topological polar surface area (TPSA) is 135 Å². The standard InChI is InChI=1S/C33H32BrFN8O3/c1-18-5-6-27(34)39-31(18)40-32(46)25-13-33(17-36-10-9-35)8-7-26(33)43(25)28(45)16-42-30-19(2)11-22(23-14-37-21(4)38-15-23)12-24(30)29(41-42)20(3)44/h5-6,11-12,14-15,25-26,36H,9-10,13,16-17H2,1-4H3,(H,39,40,46)/t25-,26+,33+/m0/s1. The van der Waals surface area contributed by atoms with Gasteiger partial charge in [0.05, 0.1) is 10.9 Å². The average molecular weight is 688 g/mol. The molecule has 2 aliphatic rings. The number of amides is 2. The molecule has 4 aromatic rings. The second kappa shape index (κ2) is 12.3.